The first-order valence-electron chi connectivity index (χ1n) is 6.51. The summed E-state index contributed by atoms with van der Waals surface area (Å²) >= 11 is 0. The average molecular weight is 237 g/mol. The van der Waals surface area contributed by atoms with E-state index in [4.69, 9.17) is 0 Å². The molecular weight excluding hydrogens is 214 g/mol. The standard InChI is InChI=1S/C13H23N3O/c1-10-4-3-5-13(17,6-10)9-14-7-12-8-15-16-11(12)2/h8,10,14,17H,3-7,9H2,1-2H3,(H,15,16). The fourth-order valence-corrected chi connectivity index (χ4v) is 2.78. The summed E-state index contributed by atoms with van der Waals surface area (Å²) in [5.74, 6) is 0.645. The van der Waals surface area contributed by atoms with Crippen LogP contribution in [0.3, 0.4) is 0 Å². The second-order valence-electron chi connectivity index (χ2n) is 5.55. The van der Waals surface area contributed by atoms with Gasteiger partial charge in [-0.25, -0.2) is 0 Å². The van der Waals surface area contributed by atoms with Crippen LogP contribution in [0.25, 0.3) is 0 Å². The molecule has 1 aliphatic carbocycles. The molecule has 96 valence electrons. The van der Waals surface area contributed by atoms with Crippen molar-refractivity contribution in [1.82, 2.24) is 15.5 Å². The minimum Gasteiger partial charge on any atom is -0.389 e. The Hall–Kier alpha value is -0.870. The molecule has 4 heteroatoms. The van der Waals surface area contributed by atoms with Gasteiger partial charge < -0.3 is 10.4 Å². The van der Waals surface area contributed by atoms with Gasteiger partial charge in [0.15, 0.2) is 0 Å². The number of nitrogens with zero attached hydrogens (tertiary/aromatic N) is 1. The molecule has 1 fully saturated rings. The number of nitrogens with one attached hydrogen (secondary N) is 2. The van der Waals surface area contributed by atoms with E-state index >= 15 is 0 Å². The number of rotatable bonds is 4. The van der Waals surface area contributed by atoms with Crippen molar-refractivity contribution in [1.29, 1.82) is 0 Å². The predicted octanol–water partition coefficient (Wildman–Crippen LogP) is 1.75. The van der Waals surface area contributed by atoms with Crippen LogP contribution in [0.4, 0.5) is 0 Å². The lowest BCUT2D eigenvalue weighted by atomic mass is 9.79. The molecule has 1 saturated carbocycles. The maximum atomic E-state index is 10.5. The Kier molecular flexibility index (Phi) is 3.84. The predicted molar refractivity (Wildman–Crippen MR) is 67.6 cm³/mol. The first-order valence-corrected chi connectivity index (χ1v) is 6.51. The lowest BCUT2D eigenvalue weighted by Crippen LogP contribution is -2.43. The Morgan fingerprint density at radius 3 is 3.12 bits per heavy atom. The highest BCUT2D eigenvalue weighted by molar-refractivity contribution is 5.13. The van der Waals surface area contributed by atoms with E-state index in [0.29, 0.717) is 12.5 Å². The minimum atomic E-state index is -0.505. The van der Waals surface area contributed by atoms with Crippen LogP contribution >= 0.6 is 0 Å². The fraction of sp³-hybridized carbons (Fsp3) is 0.769. The fourth-order valence-electron chi connectivity index (χ4n) is 2.78. The van der Waals surface area contributed by atoms with Gasteiger partial charge in [0, 0.05) is 24.3 Å². The van der Waals surface area contributed by atoms with E-state index in [0.717, 1.165) is 31.5 Å². The van der Waals surface area contributed by atoms with Crippen molar-refractivity contribution in [2.75, 3.05) is 6.54 Å². The Balaban J connectivity index is 1.79. The monoisotopic (exact) mass is 237 g/mol. The lowest BCUT2D eigenvalue weighted by Gasteiger charge is -2.35. The van der Waals surface area contributed by atoms with Crippen LogP contribution in [0.1, 0.15) is 43.9 Å². The van der Waals surface area contributed by atoms with Crippen LogP contribution in [0.15, 0.2) is 6.20 Å². The van der Waals surface area contributed by atoms with E-state index in [1.54, 1.807) is 0 Å². The summed E-state index contributed by atoms with van der Waals surface area (Å²) in [5, 5.41) is 20.7. The molecule has 0 aromatic carbocycles. The average Bonchev–Trinajstić information content (AvgIpc) is 2.64. The van der Waals surface area contributed by atoms with Gasteiger partial charge in [-0.2, -0.15) is 5.10 Å². The Labute approximate surface area is 103 Å². The van der Waals surface area contributed by atoms with Crippen LogP contribution in [0.5, 0.6) is 0 Å². The van der Waals surface area contributed by atoms with Crippen molar-refractivity contribution >= 4 is 0 Å². The first kappa shape index (κ1) is 12.6. The van der Waals surface area contributed by atoms with Crippen LogP contribution < -0.4 is 5.32 Å². The quantitative estimate of drug-likeness (QED) is 0.747. The third-order valence-corrected chi connectivity index (χ3v) is 3.77. The second-order valence-corrected chi connectivity index (χ2v) is 5.55. The van der Waals surface area contributed by atoms with E-state index in [1.807, 2.05) is 13.1 Å². The van der Waals surface area contributed by atoms with Gasteiger partial charge in [-0.05, 0) is 25.7 Å². The van der Waals surface area contributed by atoms with Crippen LogP contribution in [-0.4, -0.2) is 27.4 Å². The summed E-state index contributed by atoms with van der Waals surface area (Å²) in [4.78, 5) is 0. The smallest absolute Gasteiger partial charge is 0.0774 e. The van der Waals surface area contributed by atoms with Gasteiger partial charge in [0.1, 0.15) is 0 Å². The number of H-pyrrole nitrogens is 1. The molecule has 1 heterocycles. The van der Waals surface area contributed by atoms with E-state index in [-0.39, 0.29) is 0 Å². The number of aryl methyl sites for hydroxylation is 1. The SMILES string of the molecule is Cc1[nH]ncc1CNCC1(O)CCCC(C)C1. The highest BCUT2D eigenvalue weighted by Gasteiger charge is 2.31. The Morgan fingerprint density at radius 2 is 2.47 bits per heavy atom. The maximum Gasteiger partial charge on any atom is 0.0774 e. The van der Waals surface area contributed by atoms with E-state index in [1.165, 1.54) is 12.0 Å². The number of hydrogen-bond donors (Lipinski definition) is 3. The Bertz CT molecular complexity index is 363. The molecule has 0 saturated heterocycles. The van der Waals surface area contributed by atoms with Crippen LogP contribution in [0.2, 0.25) is 0 Å². The zero-order valence-corrected chi connectivity index (χ0v) is 10.8. The van der Waals surface area contributed by atoms with Gasteiger partial charge in [-0.1, -0.05) is 19.8 Å². The first-order chi connectivity index (χ1) is 8.09. The number of aliphatic hydroxyl groups is 1. The van der Waals surface area contributed by atoms with Crippen molar-refractivity contribution < 1.29 is 5.11 Å². The van der Waals surface area contributed by atoms with Crippen molar-refractivity contribution in [3.63, 3.8) is 0 Å². The topological polar surface area (TPSA) is 60.9 Å². The minimum absolute atomic E-state index is 0.505. The summed E-state index contributed by atoms with van der Waals surface area (Å²) in [6.07, 6.45) is 6.09. The molecule has 2 unspecified atom stereocenters. The molecule has 2 rings (SSSR count). The number of hydrogen-bond acceptors (Lipinski definition) is 3. The molecular formula is C13H23N3O. The molecule has 1 aliphatic rings. The Morgan fingerprint density at radius 1 is 1.65 bits per heavy atom. The molecule has 4 nitrogen and oxygen atoms in total. The zero-order valence-electron chi connectivity index (χ0n) is 10.8. The van der Waals surface area contributed by atoms with Gasteiger partial charge >= 0.3 is 0 Å². The van der Waals surface area contributed by atoms with Gasteiger partial charge in [0.25, 0.3) is 0 Å². The summed E-state index contributed by atoms with van der Waals surface area (Å²) in [5.41, 5.74) is 1.77. The molecule has 0 amide bonds. The van der Waals surface area contributed by atoms with Gasteiger partial charge in [0.2, 0.25) is 0 Å². The molecule has 0 radical (unpaired) electrons. The summed E-state index contributed by atoms with van der Waals surface area (Å²) in [7, 11) is 0. The highest BCUT2D eigenvalue weighted by atomic mass is 16.3. The normalized spacial score (nSPS) is 29.5. The summed E-state index contributed by atoms with van der Waals surface area (Å²) < 4.78 is 0. The molecule has 0 spiro atoms. The molecule has 0 aliphatic heterocycles. The maximum absolute atomic E-state index is 10.5. The van der Waals surface area contributed by atoms with Crippen molar-refractivity contribution in [3.8, 4) is 0 Å². The van der Waals surface area contributed by atoms with Crippen LogP contribution in [-0.2, 0) is 6.54 Å². The second kappa shape index (κ2) is 5.19. The van der Waals surface area contributed by atoms with Crippen LogP contribution in [0, 0.1) is 12.8 Å². The van der Waals surface area contributed by atoms with Crippen molar-refractivity contribution in [2.24, 2.45) is 5.92 Å². The molecule has 1 aromatic rings. The molecule has 2 atom stereocenters. The third kappa shape index (κ3) is 3.30. The van der Waals surface area contributed by atoms with E-state index in [9.17, 15) is 5.11 Å². The van der Waals surface area contributed by atoms with Crippen molar-refractivity contribution in [2.45, 2.75) is 51.7 Å². The zero-order chi connectivity index (χ0) is 12.3. The van der Waals surface area contributed by atoms with Gasteiger partial charge in [-0.15, -0.1) is 0 Å². The van der Waals surface area contributed by atoms with Gasteiger partial charge in [0.05, 0.1) is 11.8 Å². The molecule has 17 heavy (non-hydrogen) atoms. The lowest BCUT2D eigenvalue weighted by molar-refractivity contribution is -0.0119. The van der Waals surface area contributed by atoms with Crippen molar-refractivity contribution in [3.05, 3.63) is 17.5 Å². The largest absolute Gasteiger partial charge is 0.389 e. The summed E-state index contributed by atoms with van der Waals surface area (Å²) in [6.45, 7) is 5.70. The molecule has 1 aromatic heterocycles. The summed E-state index contributed by atoms with van der Waals surface area (Å²) in [6, 6.07) is 0. The highest BCUT2D eigenvalue weighted by Crippen LogP contribution is 2.31. The third-order valence-electron chi connectivity index (χ3n) is 3.77. The van der Waals surface area contributed by atoms with E-state index in [2.05, 4.69) is 22.4 Å². The number of aromatic amines is 1. The van der Waals surface area contributed by atoms with E-state index < -0.39 is 5.60 Å². The molecule has 0 bridgehead atoms. The van der Waals surface area contributed by atoms with Gasteiger partial charge in [-0.3, -0.25) is 5.10 Å². The number of aromatic nitrogens is 2. The molecule has 3 N–H and O–H groups in total.